The highest BCUT2D eigenvalue weighted by Crippen LogP contribution is 2.14. The minimum atomic E-state index is -0.144. The Balaban J connectivity index is 0.00000264. The number of nitrogens with two attached hydrogens (primary N) is 1. The lowest BCUT2D eigenvalue weighted by molar-refractivity contribution is -0.121. The molecular formula is C15H20BrClN4O2. The predicted octanol–water partition coefficient (Wildman–Crippen LogP) is 1.68. The number of aryl methyl sites for hydroxylation is 1. The van der Waals surface area contributed by atoms with Crippen LogP contribution in [0.1, 0.15) is 13.3 Å². The number of nitrogens with one attached hydrogen (secondary N) is 1. The quantitative estimate of drug-likeness (QED) is 0.768. The van der Waals surface area contributed by atoms with E-state index in [4.69, 9.17) is 5.73 Å². The minimum absolute atomic E-state index is 0. The largest absolute Gasteiger partial charge is 0.356 e. The molecule has 1 aromatic carbocycles. The SMILES string of the molecule is CC(CN)CNC(=O)CCn1cnc2ccc(Br)cc2c1=O.Cl. The molecule has 0 bridgehead atoms. The van der Waals surface area contributed by atoms with E-state index in [9.17, 15) is 9.59 Å². The van der Waals surface area contributed by atoms with Crippen molar-refractivity contribution in [3.05, 3.63) is 39.4 Å². The van der Waals surface area contributed by atoms with Crippen molar-refractivity contribution in [3.63, 3.8) is 0 Å². The zero-order valence-electron chi connectivity index (χ0n) is 12.8. The molecule has 1 aromatic heterocycles. The van der Waals surface area contributed by atoms with Gasteiger partial charge in [0, 0.05) is 24.0 Å². The number of hydrogen-bond donors (Lipinski definition) is 2. The van der Waals surface area contributed by atoms with Crippen LogP contribution in [0.2, 0.25) is 0 Å². The second-order valence-electron chi connectivity index (χ2n) is 5.30. The van der Waals surface area contributed by atoms with Gasteiger partial charge < -0.3 is 11.1 Å². The van der Waals surface area contributed by atoms with Crippen molar-refractivity contribution >= 4 is 45.1 Å². The normalized spacial score (nSPS) is 11.8. The molecule has 1 atom stereocenters. The summed E-state index contributed by atoms with van der Waals surface area (Å²) in [5.74, 6) is 0.146. The molecule has 8 heteroatoms. The number of halogens is 2. The first kappa shape index (κ1) is 19.6. The van der Waals surface area contributed by atoms with Crippen LogP contribution in [0.15, 0.2) is 33.8 Å². The number of nitrogens with zero attached hydrogens (tertiary/aromatic N) is 2. The number of aromatic nitrogens is 2. The summed E-state index contributed by atoms with van der Waals surface area (Å²) in [6.07, 6.45) is 1.72. The number of carbonyl (C=O) groups is 1. The molecule has 23 heavy (non-hydrogen) atoms. The van der Waals surface area contributed by atoms with Crippen LogP contribution in [-0.2, 0) is 11.3 Å². The lowest BCUT2D eigenvalue weighted by Crippen LogP contribution is -2.32. The first-order valence-electron chi connectivity index (χ1n) is 7.12. The maximum atomic E-state index is 12.4. The van der Waals surface area contributed by atoms with Gasteiger partial charge in [-0.1, -0.05) is 22.9 Å². The van der Waals surface area contributed by atoms with Gasteiger partial charge in [-0.3, -0.25) is 14.2 Å². The number of hydrogen-bond acceptors (Lipinski definition) is 4. The molecule has 0 fully saturated rings. The third-order valence-corrected chi connectivity index (χ3v) is 3.91. The summed E-state index contributed by atoms with van der Waals surface area (Å²) in [6, 6.07) is 5.36. The highest BCUT2D eigenvalue weighted by Gasteiger charge is 2.08. The Bertz CT molecular complexity index is 735. The van der Waals surface area contributed by atoms with E-state index in [1.165, 1.54) is 10.9 Å². The summed E-state index contributed by atoms with van der Waals surface area (Å²) in [5.41, 5.74) is 6.00. The topological polar surface area (TPSA) is 90.0 Å². The van der Waals surface area contributed by atoms with Gasteiger partial charge in [0.15, 0.2) is 0 Å². The summed E-state index contributed by atoms with van der Waals surface area (Å²) < 4.78 is 2.28. The Labute approximate surface area is 149 Å². The second-order valence-corrected chi connectivity index (χ2v) is 6.22. The molecule has 0 aliphatic heterocycles. The molecular weight excluding hydrogens is 384 g/mol. The third kappa shape index (κ3) is 5.30. The number of fused-ring (bicyclic) bond motifs is 1. The molecule has 2 aromatic rings. The Hall–Kier alpha value is -1.44. The first-order valence-corrected chi connectivity index (χ1v) is 7.92. The van der Waals surface area contributed by atoms with Gasteiger partial charge in [-0.25, -0.2) is 4.98 Å². The van der Waals surface area contributed by atoms with Gasteiger partial charge in [-0.2, -0.15) is 0 Å². The Morgan fingerprint density at radius 3 is 2.91 bits per heavy atom. The molecule has 1 heterocycles. The Morgan fingerprint density at radius 1 is 1.48 bits per heavy atom. The summed E-state index contributed by atoms with van der Waals surface area (Å²) >= 11 is 3.34. The molecule has 0 aliphatic rings. The van der Waals surface area contributed by atoms with E-state index in [-0.39, 0.29) is 36.2 Å². The van der Waals surface area contributed by atoms with Crippen LogP contribution >= 0.6 is 28.3 Å². The number of amides is 1. The zero-order valence-corrected chi connectivity index (χ0v) is 15.2. The smallest absolute Gasteiger partial charge is 0.261 e. The van der Waals surface area contributed by atoms with Crippen molar-refractivity contribution in [2.75, 3.05) is 13.1 Å². The fourth-order valence-corrected chi connectivity index (χ4v) is 2.33. The van der Waals surface area contributed by atoms with E-state index in [1.807, 2.05) is 13.0 Å². The fraction of sp³-hybridized carbons (Fsp3) is 0.400. The van der Waals surface area contributed by atoms with E-state index in [1.54, 1.807) is 12.1 Å². The first-order chi connectivity index (χ1) is 10.5. The van der Waals surface area contributed by atoms with Crippen molar-refractivity contribution in [2.24, 2.45) is 11.7 Å². The molecule has 1 amide bonds. The lowest BCUT2D eigenvalue weighted by Gasteiger charge is -2.11. The van der Waals surface area contributed by atoms with Crippen LogP contribution < -0.4 is 16.6 Å². The van der Waals surface area contributed by atoms with E-state index in [0.717, 1.165) is 4.47 Å². The van der Waals surface area contributed by atoms with Gasteiger partial charge in [0.2, 0.25) is 5.91 Å². The average molecular weight is 404 g/mol. The summed E-state index contributed by atoms with van der Waals surface area (Å²) in [4.78, 5) is 28.4. The van der Waals surface area contributed by atoms with E-state index < -0.39 is 0 Å². The summed E-state index contributed by atoms with van der Waals surface area (Å²) in [5, 5.41) is 3.34. The number of carbonyl (C=O) groups excluding carboxylic acids is 1. The van der Waals surface area contributed by atoms with Gasteiger partial charge in [0.05, 0.1) is 17.2 Å². The molecule has 3 N–H and O–H groups in total. The minimum Gasteiger partial charge on any atom is -0.356 e. The predicted molar refractivity (Wildman–Crippen MR) is 96.8 cm³/mol. The summed E-state index contributed by atoms with van der Waals surface area (Å²) in [7, 11) is 0. The molecule has 0 spiro atoms. The molecule has 0 saturated carbocycles. The monoisotopic (exact) mass is 402 g/mol. The van der Waals surface area contributed by atoms with Gasteiger partial charge in [-0.05, 0) is 30.7 Å². The van der Waals surface area contributed by atoms with Crippen LogP contribution in [-0.4, -0.2) is 28.5 Å². The molecule has 126 valence electrons. The van der Waals surface area contributed by atoms with Gasteiger partial charge >= 0.3 is 0 Å². The molecule has 0 saturated heterocycles. The van der Waals surface area contributed by atoms with Crippen LogP contribution in [0.5, 0.6) is 0 Å². The highest BCUT2D eigenvalue weighted by molar-refractivity contribution is 9.10. The number of rotatable bonds is 6. The maximum absolute atomic E-state index is 12.4. The molecule has 2 rings (SSSR count). The van der Waals surface area contributed by atoms with Crippen molar-refractivity contribution in [2.45, 2.75) is 19.9 Å². The zero-order chi connectivity index (χ0) is 16.1. The average Bonchev–Trinajstić information content (AvgIpc) is 2.52. The van der Waals surface area contributed by atoms with Crippen molar-refractivity contribution in [1.82, 2.24) is 14.9 Å². The van der Waals surface area contributed by atoms with Gasteiger partial charge in [0.25, 0.3) is 5.56 Å². The van der Waals surface area contributed by atoms with Crippen LogP contribution in [0.25, 0.3) is 10.9 Å². The van der Waals surface area contributed by atoms with Gasteiger partial charge in [0.1, 0.15) is 0 Å². The summed E-state index contributed by atoms with van der Waals surface area (Å²) in [6.45, 7) is 3.35. The van der Waals surface area contributed by atoms with E-state index in [0.29, 0.717) is 30.5 Å². The van der Waals surface area contributed by atoms with Crippen molar-refractivity contribution < 1.29 is 4.79 Å². The fourth-order valence-electron chi connectivity index (χ4n) is 1.97. The van der Waals surface area contributed by atoms with Crippen molar-refractivity contribution in [1.29, 1.82) is 0 Å². The Kier molecular flexibility index (Phi) is 7.67. The van der Waals surface area contributed by atoms with E-state index >= 15 is 0 Å². The van der Waals surface area contributed by atoms with Gasteiger partial charge in [-0.15, -0.1) is 12.4 Å². The number of benzene rings is 1. The molecule has 0 radical (unpaired) electrons. The second kappa shape index (κ2) is 9.00. The standard InChI is InChI=1S/C15H19BrN4O2.ClH/c1-10(7-17)8-18-14(21)4-5-20-9-19-13-3-2-11(16)6-12(13)15(20)22;/h2-3,6,9-10H,4-5,7-8,17H2,1H3,(H,18,21);1H. The van der Waals surface area contributed by atoms with Crippen molar-refractivity contribution in [3.8, 4) is 0 Å². The van der Waals surface area contributed by atoms with Crippen LogP contribution in [0.3, 0.4) is 0 Å². The lowest BCUT2D eigenvalue weighted by atomic mass is 10.2. The molecule has 6 nitrogen and oxygen atoms in total. The maximum Gasteiger partial charge on any atom is 0.261 e. The Morgan fingerprint density at radius 2 is 2.22 bits per heavy atom. The highest BCUT2D eigenvalue weighted by atomic mass is 79.9. The van der Waals surface area contributed by atoms with Crippen LogP contribution in [0.4, 0.5) is 0 Å². The van der Waals surface area contributed by atoms with Crippen LogP contribution in [0, 0.1) is 5.92 Å². The third-order valence-electron chi connectivity index (χ3n) is 3.42. The van der Waals surface area contributed by atoms with E-state index in [2.05, 4.69) is 26.2 Å². The molecule has 1 unspecified atom stereocenters. The molecule has 0 aliphatic carbocycles.